The van der Waals surface area contributed by atoms with Crippen LogP contribution in [0.1, 0.15) is 44.9 Å². The Morgan fingerprint density at radius 3 is 2.22 bits per heavy atom. The fourth-order valence-corrected chi connectivity index (χ4v) is 6.01. The molecule has 5 heteroatoms. The van der Waals surface area contributed by atoms with E-state index < -0.39 is 12.0 Å². The van der Waals surface area contributed by atoms with Crippen LogP contribution < -0.4 is 5.32 Å². The van der Waals surface area contributed by atoms with Gasteiger partial charge in [-0.25, -0.2) is 4.79 Å². The van der Waals surface area contributed by atoms with Crippen LogP contribution in [0.2, 0.25) is 0 Å². The van der Waals surface area contributed by atoms with Crippen LogP contribution in [0.5, 0.6) is 0 Å². The van der Waals surface area contributed by atoms with Crippen molar-refractivity contribution in [3.8, 4) is 0 Å². The molecule has 1 amide bonds. The Balaban J connectivity index is 1.44. The Morgan fingerprint density at radius 2 is 1.70 bits per heavy atom. The Kier molecular flexibility index (Phi) is 4.08. The van der Waals surface area contributed by atoms with Gasteiger partial charge in [-0.3, -0.25) is 4.79 Å². The standard InChI is InChI=1S/C18H27NO4/c20-17(19-16(18(21)22)12-2-1-3-23-9-12)15-13-5-10-4-11(7-13)8-14(15)6-10/h10-16H,1-9H2,(H,19,20)(H,21,22). The van der Waals surface area contributed by atoms with E-state index in [0.29, 0.717) is 25.0 Å². The van der Waals surface area contributed by atoms with Crippen LogP contribution in [-0.4, -0.2) is 36.2 Å². The molecule has 0 aromatic heterocycles. The second-order valence-corrected chi connectivity index (χ2v) is 8.26. The van der Waals surface area contributed by atoms with Gasteiger partial charge in [0, 0.05) is 18.4 Å². The summed E-state index contributed by atoms with van der Waals surface area (Å²) in [4.78, 5) is 24.5. The molecule has 2 atom stereocenters. The van der Waals surface area contributed by atoms with Crippen LogP contribution in [0.3, 0.4) is 0 Å². The molecule has 1 heterocycles. The first kappa shape index (κ1) is 15.4. The van der Waals surface area contributed by atoms with E-state index in [9.17, 15) is 14.7 Å². The van der Waals surface area contributed by atoms with Crippen LogP contribution in [-0.2, 0) is 14.3 Å². The third kappa shape index (κ3) is 2.88. The Morgan fingerprint density at radius 1 is 1.04 bits per heavy atom. The van der Waals surface area contributed by atoms with Gasteiger partial charge in [-0.1, -0.05) is 0 Å². The van der Waals surface area contributed by atoms with Crippen molar-refractivity contribution in [2.24, 2.45) is 35.5 Å². The maximum absolute atomic E-state index is 12.9. The molecular weight excluding hydrogens is 294 g/mol. The lowest BCUT2D eigenvalue weighted by atomic mass is 9.51. The van der Waals surface area contributed by atoms with Crippen LogP contribution in [0.4, 0.5) is 0 Å². The van der Waals surface area contributed by atoms with E-state index in [4.69, 9.17) is 4.74 Å². The van der Waals surface area contributed by atoms with Crippen LogP contribution >= 0.6 is 0 Å². The van der Waals surface area contributed by atoms with Crippen molar-refractivity contribution in [3.63, 3.8) is 0 Å². The van der Waals surface area contributed by atoms with E-state index >= 15 is 0 Å². The zero-order valence-corrected chi connectivity index (χ0v) is 13.6. The van der Waals surface area contributed by atoms with Crippen molar-refractivity contribution in [2.75, 3.05) is 13.2 Å². The highest BCUT2D eigenvalue weighted by molar-refractivity contribution is 5.85. The van der Waals surface area contributed by atoms with E-state index in [2.05, 4.69) is 5.32 Å². The number of carboxylic acids is 1. The molecule has 4 bridgehead atoms. The van der Waals surface area contributed by atoms with E-state index in [1.54, 1.807) is 0 Å². The third-order valence-corrected chi connectivity index (χ3v) is 6.76. The highest BCUT2D eigenvalue weighted by Crippen LogP contribution is 2.56. The summed E-state index contributed by atoms with van der Waals surface area (Å²) < 4.78 is 5.42. The number of nitrogens with one attached hydrogen (secondary N) is 1. The van der Waals surface area contributed by atoms with Gasteiger partial charge in [0.2, 0.25) is 5.91 Å². The van der Waals surface area contributed by atoms with Gasteiger partial charge in [0.25, 0.3) is 0 Å². The van der Waals surface area contributed by atoms with E-state index in [1.165, 1.54) is 32.1 Å². The van der Waals surface area contributed by atoms with Gasteiger partial charge >= 0.3 is 5.97 Å². The first-order valence-electron chi connectivity index (χ1n) is 9.22. The minimum Gasteiger partial charge on any atom is -0.480 e. The predicted molar refractivity (Wildman–Crippen MR) is 83.6 cm³/mol. The topological polar surface area (TPSA) is 75.6 Å². The lowest BCUT2D eigenvalue weighted by Gasteiger charge is -2.53. The quantitative estimate of drug-likeness (QED) is 0.831. The molecule has 5 fully saturated rings. The van der Waals surface area contributed by atoms with Crippen molar-refractivity contribution >= 4 is 11.9 Å². The molecule has 4 aliphatic carbocycles. The summed E-state index contributed by atoms with van der Waals surface area (Å²) in [5.74, 6) is 1.66. The number of amides is 1. The maximum Gasteiger partial charge on any atom is 0.326 e. The average Bonchev–Trinajstić information content (AvgIpc) is 2.52. The van der Waals surface area contributed by atoms with Crippen molar-refractivity contribution in [1.82, 2.24) is 5.32 Å². The number of aliphatic carboxylic acids is 1. The van der Waals surface area contributed by atoms with Crippen LogP contribution in [0, 0.1) is 35.5 Å². The van der Waals surface area contributed by atoms with Crippen molar-refractivity contribution in [1.29, 1.82) is 0 Å². The number of carbonyl (C=O) groups excluding carboxylic acids is 1. The van der Waals surface area contributed by atoms with Gasteiger partial charge in [-0.15, -0.1) is 0 Å². The molecule has 128 valence electrons. The van der Waals surface area contributed by atoms with Gasteiger partial charge in [0.05, 0.1) is 6.61 Å². The average molecular weight is 321 g/mol. The molecule has 2 N–H and O–H groups in total. The number of hydrogen-bond donors (Lipinski definition) is 2. The molecule has 1 aliphatic heterocycles. The highest BCUT2D eigenvalue weighted by Gasteiger charge is 2.51. The van der Waals surface area contributed by atoms with Gasteiger partial charge < -0.3 is 15.2 Å². The monoisotopic (exact) mass is 321 g/mol. The molecule has 2 unspecified atom stereocenters. The number of carbonyl (C=O) groups is 2. The molecule has 5 aliphatic rings. The van der Waals surface area contributed by atoms with Gasteiger partial charge in [0.15, 0.2) is 0 Å². The van der Waals surface area contributed by atoms with E-state index in [0.717, 1.165) is 24.7 Å². The molecule has 0 radical (unpaired) electrons. The summed E-state index contributed by atoms with van der Waals surface area (Å²) in [5.41, 5.74) is 0. The lowest BCUT2D eigenvalue weighted by Crippen LogP contribution is -2.55. The van der Waals surface area contributed by atoms with Gasteiger partial charge in [-0.05, 0) is 68.6 Å². The molecular formula is C18H27NO4. The zero-order valence-electron chi connectivity index (χ0n) is 13.6. The lowest BCUT2D eigenvalue weighted by molar-refractivity contribution is -0.149. The minimum absolute atomic E-state index is 0.00299. The Labute approximate surface area is 137 Å². The third-order valence-electron chi connectivity index (χ3n) is 6.76. The highest BCUT2D eigenvalue weighted by atomic mass is 16.5. The smallest absolute Gasteiger partial charge is 0.326 e. The second-order valence-electron chi connectivity index (χ2n) is 8.26. The number of rotatable bonds is 4. The fourth-order valence-electron chi connectivity index (χ4n) is 6.01. The zero-order chi connectivity index (χ0) is 16.0. The Bertz CT molecular complexity index is 457. The summed E-state index contributed by atoms with van der Waals surface area (Å²) in [6, 6.07) is -0.792. The summed E-state index contributed by atoms with van der Waals surface area (Å²) >= 11 is 0. The molecule has 23 heavy (non-hydrogen) atoms. The molecule has 4 saturated carbocycles. The maximum atomic E-state index is 12.9. The summed E-state index contributed by atoms with van der Waals surface area (Å²) in [5, 5.41) is 12.5. The summed E-state index contributed by atoms with van der Waals surface area (Å²) in [7, 11) is 0. The van der Waals surface area contributed by atoms with Gasteiger partial charge in [-0.2, -0.15) is 0 Å². The fraction of sp³-hybridized carbons (Fsp3) is 0.889. The molecule has 5 rings (SSSR count). The first-order chi connectivity index (χ1) is 11.1. The largest absolute Gasteiger partial charge is 0.480 e. The first-order valence-corrected chi connectivity index (χ1v) is 9.22. The molecule has 5 nitrogen and oxygen atoms in total. The SMILES string of the molecule is O=C(O)C(NC(=O)C1C2CC3CC(C2)CC1C3)C1CCCOC1. The van der Waals surface area contributed by atoms with Crippen molar-refractivity contribution in [2.45, 2.75) is 51.0 Å². The minimum atomic E-state index is -0.919. The van der Waals surface area contributed by atoms with Crippen molar-refractivity contribution < 1.29 is 19.4 Å². The van der Waals surface area contributed by atoms with Crippen LogP contribution in [0.15, 0.2) is 0 Å². The number of hydrogen-bond acceptors (Lipinski definition) is 3. The second kappa shape index (κ2) is 6.08. The van der Waals surface area contributed by atoms with Crippen molar-refractivity contribution in [3.05, 3.63) is 0 Å². The molecule has 0 spiro atoms. The normalized spacial score (nSPS) is 43.1. The molecule has 0 aromatic carbocycles. The summed E-state index contributed by atoms with van der Waals surface area (Å²) in [6.45, 7) is 1.14. The molecule has 0 aromatic rings. The van der Waals surface area contributed by atoms with E-state index in [-0.39, 0.29) is 17.7 Å². The van der Waals surface area contributed by atoms with E-state index in [1.807, 2.05) is 0 Å². The number of carboxylic acid groups (broad SMARTS) is 1. The number of ether oxygens (including phenoxy) is 1. The van der Waals surface area contributed by atoms with Crippen LogP contribution in [0.25, 0.3) is 0 Å². The predicted octanol–water partition coefficient (Wildman–Crippen LogP) is 2.05. The molecule has 1 saturated heterocycles. The Hall–Kier alpha value is -1.10. The van der Waals surface area contributed by atoms with Gasteiger partial charge in [0.1, 0.15) is 6.04 Å². The summed E-state index contributed by atoms with van der Waals surface area (Å²) in [6.07, 6.45) is 7.76.